The van der Waals surface area contributed by atoms with E-state index >= 15 is 0 Å². The quantitative estimate of drug-likeness (QED) is 0.178. The van der Waals surface area contributed by atoms with Gasteiger partial charge >= 0.3 is 6.16 Å². The number of carbonyl (C=O) groups is 1. The molecule has 0 saturated heterocycles. The van der Waals surface area contributed by atoms with Crippen LogP contribution >= 0.6 is 0 Å². The topological polar surface area (TPSA) is 79.4 Å². The first-order chi connectivity index (χ1) is 16.7. The van der Waals surface area contributed by atoms with E-state index in [2.05, 4.69) is 23.6 Å². The molecular weight excluding hydrogens is 438 g/mol. The molecule has 1 heterocycles. The molecule has 0 spiro atoms. The zero-order chi connectivity index (χ0) is 25.0. The van der Waals surface area contributed by atoms with E-state index in [0.717, 1.165) is 58.5 Å². The minimum Gasteiger partial charge on any atom is -0.428 e. The van der Waals surface area contributed by atoms with Crippen LogP contribution in [0.5, 0.6) is 5.75 Å². The number of aryl methyl sites for hydroxylation is 1. The highest BCUT2D eigenvalue weighted by molar-refractivity contribution is 5.80. The van der Waals surface area contributed by atoms with Crippen LogP contribution in [0.15, 0.2) is 66.7 Å². The number of para-hydroxylation sites is 1. The van der Waals surface area contributed by atoms with Gasteiger partial charge in [0.2, 0.25) is 0 Å². The fourth-order valence-corrected chi connectivity index (χ4v) is 4.02. The van der Waals surface area contributed by atoms with Crippen LogP contribution in [0.4, 0.5) is 10.5 Å². The van der Waals surface area contributed by atoms with Crippen molar-refractivity contribution in [2.24, 2.45) is 0 Å². The highest BCUT2D eigenvalue weighted by Gasteiger charge is 2.19. The molecule has 1 aromatic heterocycles. The van der Waals surface area contributed by atoms with E-state index in [1.165, 1.54) is 0 Å². The number of imidazole rings is 1. The van der Waals surface area contributed by atoms with Crippen molar-refractivity contribution in [2.75, 3.05) is 5.73 Å². The first-order valence-electron chi connectivity index (χ1n) is 12.1. The normalized spacial score (nSPS) is 11.5. The number of hydrogen-bond acceptors (Lipinski definition) is 5. The lowest BCUT2D eigenvalue weighted by molar-refractivity contribution is 0.0207. The maximum atomic E-state index is 12.2. The maximum absolute atomic E-state index is 12.2. The predicted octanol–water partition coefficient (Wildman–Crippen LogP) is 6.99. The van der Waals surface area contributed by atoms with Gasteiger partial charge in [-0.3, -0.25) is 0 Å². The molecular formula is C29H33N3O3. The molecule has 0 amide bonds. The van der Waals surface area contributed by atoms with Gasteiger partial charge in [-0.15, -0.1) is 0 Å². The van der Waals surface area contributed by atoms with Crippen molar-refractivity contribution in [2.45, 2.75) is 59.1 Å². The van der Waals surface area contributed by atoms with E-state index in [1.807, 2.05) is 69.3 Å². The van der Waals surface area contributed by atoms with Crippen LogP contribution in [-0.2, 0) is 17.7 Å². The molecule has 3 aromatic carbocycles. The van der Waals surface area contributed by atoms with Crippen molar-refractivity contribution >= 4 is 22.9 Å². The van der Waals surface area contributed by atoms with Gasteiger partial charge < -0.3 is 19.8 Å². The van der Waals surface area contributed by atoms with Gasteiger partial charge in [-0.2, -0.15) is 0 Å². The Morgan fingerprint density at radius 3 is 2.49 bits per heavy atom. The number of anilines is 1. The summed E-state index contributed by atoms with van der Waals surface area (Å²) in [6, 6.07) is 21.6. The molecule has 6 nitrogen and oxygen atoms in total. The molecule has 0 unspecified atom stereocenters. The Kier molecular flexibility index (Phi) is 7.10. The Morgan fingerprint density at radius 2 is 1.77 bits per heavy atom. The number of fused-ring (bicyclic) bond motifs is 1. The largest absolute Gasteiger partial charge is 0.514 e. The van der Waals surface area contributed by atoms with E-state index in [4.69, 9.17) is 20.2 Å². The summed E-state index contributed by atoms with van der Waals surface area (Å²) in [5.41, 5.74) is 11.1. The van der Waals surface area contributed by atoms with Gasteiger partial charge in [0.1, 0.15) is 17.2 Å². The summed E-state index contributed by atoms with van der Waals surface area (Å²) in [4.78, 5) is 17.1. The maximum Gasteiger partial charge on any atom is 0.514 e. The smallest absolute Gasteiger partial charge is 0.428 e. The number of hydrogen-bond donors (Lipinski definition) is 1. The molecule has 0 radical (unpaired) electrons. The number of nitrogens with two attached hydrogens (primary N) is 1. The Bertz CT molecular complexity index is 1320. The zero-order valence-electron chi connectivity index (χ0n) is 20.9. The van der Waals surface area contributed by atoms with Crippen molar-refractivity contribution in [3.05, 3.63) is 78.1 Å². The number of nitrogens with zero attached hydrogens (tertiary/aromatic N) is 2. The summed E-state index contributed by atoms with van der Waals surface area (Å²) in [7, 11) is 0. The lowest BCUT2D eigenvalue weighted by atomic mass is 10.0. The fraction of sp³-hybridized carbons (Fsp3) is 0.310. The van der Waals surface area contributed by atoms with Gasteiger partial charge in [0.05, 0.1) is 11.0 Å². The van der Waals surface area contributed by atoms with Crippen molar-refractivity contribution in [1.29, 1.82) is 0 Å². The standard InChI is InChI=1S/C29H33N3O3/c1-5-6-11-27-31-24-17-16-22(30)18-25(24)32(27)19-20-12-14-21(15-13-20)23-9-7-8-10-26(23)34-28(33)35-29(2,3)4/h7-10,12-18H,5-6,11,19,30H2,1-4H3. The Labute approximate surface area is 206 Å². The van der Waals surface area contributed by atoms with Crippen LogP contribution in [0.1, 0.15) is 51.9 Å². The monoisotopic (exact) mass is 471 g/mol. The number of nitrogen functional groups attached to an aromatic ring is 1. The van der Waals surface area contributed by atoms with Crippen molar-refractivity contribution in [3.8, 4) is 16.9 Å². The number of rotatable bonds is 7. The van der Waals surface area contributed by atoms with Crippen molar-refractivity contribution in [3.63, 3.8) is 0 Å². The number of aromatic nitrogens is 2. The van der Waals surface area contributed by atoms with E-state index in [1.54, 1.807) is 6.07 Å². The fourth-order valence-electron chi connectivity index (χ4n) is 4.02. The van der Waals surface area contributed by atoms with E-state index in [0.29, 0.717) is 12.3 Å². The number of unbranched alkanes of at least 4 members (excludes halogenated alkanes) is 1. The van der Waals surface area contributed by atoms with Gasteiger partial charge in [-0.1, -0.05) is 55.8 Å². The van der Waals surface area contributed by atoms with E-state index in [9.17, 15) is 4.79 Å². The van der Waals surface area contributed by atoms with E-state index < -0.39 is 11.8 Å². The molecule has 0 aliphatic carbocycles. The number of carbonyl (C=O) groups excluding carboxylic acids is 1. The summed E-state index contributed by atoms with van der Waals surface area (Å²) in [6.07, 6.45) is 2.42. The molecule has 0 fully saturated rings. The lowest BCUT2D eigenvalue weighted by Gasteiger charge is -2.19. The van der Waals surface area contributed by atoms with Crippen LogP contribution in [0.25, 0.3) is 22.2 Å². The second-order valence-corrected chi connectivity index (χ2v) is 9.73. The van der Waals surface area contributed by atoms with Gasteiger partial charge in [0, 0.05) is 24.2 Å². The van der Waals surface area contributed by atoms with Crippen molar-refractivity contribution in [1.82, 2.24) is 9.55 Å². The van der Waals surface area contributed by atoms with Crippen LogP contribution < -0.4 is 10.5 Å². The van der Waals surface area contributed by atoms with Crippen LogP contribution in [0.3, 0.4) is 0 Å². The zero-order valence-corrected chi connectivity index (χ0v) is 20.9. The van der Waals surface area contributed by atoms with Crippen LogP contribution in [-0.4, -0.2) is 21.3 Å². The molecule has 0 aliphatic heterocycles. The van der Waals surface area contributed by atoms with Gasteiger partial charge in [-0.05, 0) is 62.6 Å². The van der Waals surface area contributed by atoms with E-state index in [-0.39, 0.29) is 0 Å². The van der Waals surface area contributed by atoms with Crippen LogP contribution in [0, 0.1) is 0 Å². The minimum atomic E-state index is -0.715. The average molecular weight is 472 g/mol. The lowest BCUT2D eigenvalue weighted by Crippen LogP contribution is -2.26. The Balaban J connectivity index is 1.59. The Hall–Kier alpha value is -3.80. The third-order valence-corrected chi connectivity index (χ3v) is 5.68. The minimum absolute atomic E-state index is 0.465. The predicted molar refractivity (Wildman–Crippen MR) is 141 cm³/mol. The number of benzene rings is 3. The van der Waals surface area contributed by atoms with Gasteiger partial charge in [-0.25, -0.2) is 9.78 Å². The molecule has 0 bridgehead atoms. The summed E-state index contributed by atoms with van der Waals surface area (Å²) in [5, 5.41) is 0. The summed E-state index contributed by atoms with van der Waals surface area (Å²) >= 11 is 0. The van der Waals surface area contributed by atoms with Crippen molar-refractivity contribution < 1.29 is 14.3 Å². The first kappa shape index (κ1) is 24.3. The molecule has 0 saturated carbocycles. The molecule has 4 aromatic rings. The third-order valence-electron chi connectivity index (χ3n) is 5.68. The molecule has 6 heteroatoms. The molecule has 4 rings (SSSR count). The van der Waals surface area contributed by atoms with Gasteiger partial charge in [0.25, 0.3) is 0 Å². The number of ether oxygens (including phenoxy) is 2. The summed E-state index contributed by atoms with van der Waals surface area (Å²) in [5.74, 6) is 1.54. The first-order valence-corrected chi connectivity index (χ1v) is 12.1. The molecule has 35 heavy (non-hydrogen) atoms. The van der Waals surface area contributed by atoms with Gasteiger partial charge in [0.15, 0.2) is 0 Å². The molecule has 0 atom stereocenters. The molecule has 182 valence electrons. The Morgan fingerprint density at radius 1 is 1.03 bits per heavy atom. The molecule has 2 N–H and O–H groups in total. The second kappa shape index (κ2) is 10.2. The summed E-state index contributed by atoms with van der Waals surface area (Å²) in [6.45, 7) is 8.32. The highest BCUT2D eigenvalue weighted by Crippen LogP contribution is 2.31. The second-order valence-electron chi connectivity index (χ2n) is 9.73. The highest BCUT2D eigenvalue weighted by atomic mass is 16.7. The molecule has 0 aliphatic rings. The SMILES string of the molecule is CCCCc1nc2ccc(N)cc2n1Cc1ccc(-c2ccccc2OC(=O)OC(C)(C)C)cc1. The third kappa shape index (κ3) is 6.01. The average Bonchev–Trinajstić information content (AvgIpc) is 3.14. The van der Waals surface area contributed by atoms with Crippen LogP contribution in [0.2, 0.25) is 0 Å². The summed E-state index contributed by atoms with van der Waals surface area (Å²) < 4.78 is 13.1.